The van der Waals surface area contributed by atoms with Crippen molar-refractivity contribution >= 4 is 22.8 Å². The van der Waals surface area contributed by atoms with Gasteiger partial charge in [-0.15, -0.1) is 0 Å². The van der Waals surface area contributed by atoms with E-state index in [1.807, 2.05) is 19.9 Å². The van der Waals surface area contributed by atoms with E-state index in [0.717, 1.165) is 10.9 Å². The van der Waals surface area contributed by atoms with Crippen molar-refractivity contribution < 1.29 is 4.79 Å². The van der Waals surface area contributed by atoms with Gasteiger partial charge in [0.2, 0.25) is 5.95 Å². The molecule has 0 saturated heterocycles. The molecule has 0 spiro atoms. The molecular formula is C18H24N4O. The zero-order valence-corrected chi connectivity index (χ0v) is 14.1. The van der Waals surface area contributed by atoms with Crippen LogP contribution in [0.5, 0.6) is 0 Å². The predicted molar refractivity (Wildman–Crippen MR) is 92.4 cm³/mol. The van der Waals surface area contributed by atoms with Gasteiger partial charge in [-0.05, 0) is 49.8 Å². The van der Waals surface area contributed by atoms with Gasteiger partial charge in [0.1, 0.15) is 5.69 Å². The summed E-state index contributed by atoms with van der Waals surface area (Å²) in [5, 5.41) is 0.807. The number of anilines is 1. The van der Waals surface area contributed by atoms with Gasteiger partial charge in [-0.2, -0.15) is 0 Å². The monoisotopic (exact) mass is 312 g/mol. The molecule has 1 aliphatic carbocycles. The van der Waals surface area contributed by atoms with Crippen molar-refractivity contribution in [1.82, 2.24) is 14.9 Å². The van der Waals surface area contributed by atoms with Gasteiger partial charge >= 0.3 is 0 Å². The largest absolute Gasteiger partial charge is 0.368 e. The van der Waals surface area contributed by atoms with Crippen LogP contribution in [0.2, 0.25) is 0 Å². The highest BCUT2D eigenvalue weighted by Crippen LogP contribution is 2.43. The van der Waals surface area contributed by atoms with Crippen molar-refractivity contribution in [3.63, 3.8) is 0 Å². The Morgan fingerprint density at radius 1 is 1.26 bits per heavy atom. The zero-order chi connectivity index (χ0) is 16.6. The van der Waals surface area contributed by atoms with Crippen LogP contribution in [0.4, 0.5) is 5.95 Å². The van der Waals surface area contributed by atoms with Gasteiger partial charge in [0, 0.05) is 18.5 Å². The maximum absolute atomic E-state index is 12.8. The molecule has 2 N–H and O–H groups in total. The van der Waals surface area contributed by atoms with Gasteiger partial charge in [0.05, 0.1) is 5.52 Å². The zero-order valence-electron chi connectivity index (χ0n) is 14.1. The second kappa shape index (κ2) is 5.80. The molecule has 1 aromatic heterocycles. The molecule has 1 aliphatic rings. The van der Waals surface area contributed by atoms with Crippen molar-refractivity contribution in [2.24, 2.45) is 0 Å². The third-order valence-electron chi connectivity index (χ3n) is 5.12. The number of hydrogen-bond acceptors (Lipinski definition) is 4. The fourth-order valence-electron chi connectivity index (χ4n) is 3.34. The number of carbonyl (C=O) groups excluding carboxylic acids is 1. The van der Waals surface area contributed by atoms with Gasteiger partial charge in [0.25, 0.3) is 5.91 Å². The number of rotatable bonds is 4. The molecule has 0 radical (unpaired) electrons. The topological polar surface area (TPSA) is 72.1 Å². The van der Waals surface area contributed by atoms with Crippen molar-refractivity contribution in [3.8, 4) is 0 Å². The molecule has 122 valence electrons. The number of nitrogens with zero attached hydrogens (tertiary/aromatic N) is 3. The predicted octanol–water partition coefficient (Wildman–Crippen LogP) is 3.14. The highest BCUT2D eigenvalue weighted by Gasteiger charge is 2.34. The van der Waals surface area contributed by atoms with E-state index in [4.69, 9.17) is 5.73 Å². The number of carbonyl (C=O) groups is 1. The lowest BCUT2D eigenvalue weighted by atomic mass is 9.66. The van der Waals surface area contributed by atoms with E-state index in [2.05, 4.69) is 29.0 Å². The average molecular weight is 312 g/mol. The van der Waals surface area contributed by atoms with E-state index in [-0.39, 0.29) is 17.3 Å². The summed E-state index contributed by atoms with van der Waals surface area (Å²) in [6.07, 6.45) is 3.64. The number of nitrogens with two attached hydrogens (primary N) is 1. The molecule has 1 heterocycles. The van der Waals surface area contributed by atoms with E-state index in [1.165, 1.54) is 24.8 Å². The summed E-state index contributed by atoms with van der Waals surface area (Å²) in [6.45, 7) is 7.52. The average Bonchev–Trinajstić information content (AvgIpc) is 2.52. The summed E-state index contributed by atoms with van der Waals surface area (Å²) < 4.78 is 0. The molecule has 0 aliphatic heterocycles. The van der Waals surface area contributed by atoms with Crippen LogP contribution in [-0.2, 0) is 5.41 Å². The third-order valence-corrected chi connectivity index (χ3v) is 5.12. The fraction of sp³-hybridized carbons (Fsp3) is 0.500. The molecule has 0 bridgehead atoms. The SMILES string of the molecule is CCN(CC)C(=O)c1nc(N)nc2ccc(C3(C)CCC3)cc12. The molecule has 1 saturated carbocycles. The van der Waals surface area contributed by atoms with Crippen LogP contribution in [0, 0.1) is 0 Å². The molecule has 5 nitrogen and oxygen atoms in total. The molecule has 5 heteroatoms. The van der Waals surface area contributed by atoms with Crippen LogP contribution in [0.1, 0.15) is 56.1 Å². The molecule has 0 atom stereocenters. The van der Waals surface area contributed by atoms with E-state index in [0.29, 0.717) is 18.8 Å². The molecule has 1 amide bonds. The van der Waals surface area contributed by atoms with Gasteiger partial charge < -0.3 is 10.6 Å². The van der Waals surface area contributed by atoms with E-state index in [9.17, 15) is 4.79 Å². The maximum atomic E-state index is 12.8. The summed E-state index contributed by atoms with van der Waals surface area (Å²) in [6, 6.07) is 6.16. The number of nitrogen functional groups attached to an aromatic ring is 1. The summed E-state index contributed by atoms with van der Waals surface area (Å²) in [4.78, 5) is 23.1. The first kappa shape index (κ1) is 15.7. The second-order valence-corrected chi connectivity index (χ2v) is 6.55. The van der Waals surface area contributed by atoms with Crippen LogP contribution in [0.15, 0.2) is 18.2 Å². The summed E-state index contributed by atoms with van der Waals surface area (Å²) in [7, 11) is 0. The molecule has 1 aromatic carbocycles. The number of hydrogen-bond donors (Lipinski definition) is 1. The first-order valence-corrected chi connectivity index (χ1v) is 8.35. The molecular weight excluding hydrogens is 288 g/mol. The summed E-state index contributed by atoms with van der Waals surface area (Å²) in [5.74, 6) is 0.0700. The smallest absolute Gasteiger partial charge is 0.273 e. The Hall–Kier alpha value is -2.17. The van der Waals surface area contributed by atoms with Gasteiger partial charge in [-0.25, -0.2) is 9.97 Å². The highest BCUT2D eigenvalue weighted by molar-refractivity contribution is 6.04. The van der Waals surface area contributed by atoms with Gasteiger partial charge in [-0.1, -0.05) is 19.4 Å². The third kappa shape index (κ3) is 2.64. The highest BCUT2D eigenvalue weighted by atomic mass is 16.2. The Balaban J connectivity index is 2.15. The minimum absolute atomic E-state index is 0.0787. The molecule has 3 rings (SSSR count). The van der Waals surface area contributed by atoms with Crippen LogP contribution < -0.4 is 5.73 Å². The van der Waals surface area contributed by atoms with Crippen molar-refractivity contribution in [3.05, 3.63) is 29.5 Å². The molecule has 23 heavy (non-hydrogen) atoms. The van der Waals surface area contributed by atoms with Crippen molar-refractivity contribution in [2.75, 3.05) is 18.8 Å². The Labute approximate surface area is 136 Å². The lowest BCUT2D eigenvalue weighted by Gasteiger charge is -2.39. The second-order valence-electron chi connectivity index (χ2n) is 6.55. The Kier molecular flexibility index (Phi) is 3.96. The Bertz CT molecular complexity index is 748. The minimum atomic E-state index is -0.0787. The molecule has 1 fully saturated rings. The number of benzene rings is 1. The first-order chi connectivity index (χ1) is 11.0. The van der Waals surface area contributed by atoms with Crippen LogP contribution >= 0.6 is 0 Å². The lowest BCUT2D eigenvalue weighted by Crippen LogP contribution is -2.32. The van der Waals surface area contributed by atoms with E-state index < -0.39 is 0 Å². The van der Waals surface area contributed by atoms with Gasteiger partial charge in [0.15, 0.2) is 0 Å². The Morgan fingerprint density at radius 2 is 1.96 bits per heavy atom. The quantitative estimate of drug-likeness (QED) is 0.941. The van der Waals surface area contributed by atoms with E-state index in [1.54, 1.807) is 4.90 Å². The van der Waals surface area contributed by atoms with Crippen LogP contribution in [-0.4, -0.2) is 33.9 Å². The van der Waals surface area contributed by atoms with Crippen LogP contribution in [0.3, 0.4) is 0 Å². The molecule has 0 unspecified atom stereocenters. The van der Waals surface area contributed by atoms with Crippen LogP contribution in [0.25, 0.3) is 10.9 Å². The van der Waals surface area contributed by atoms with Crippen molar-refractivity contribution in [1.29, 1.82) is 0 Å². The lowest BCUT2D eigenvalue weighted by molar-refractivity contribution is 0.0769. The van der Waals surface area contributed by atoms with Gasteiger partial charge in [-0.3, -0.25) is 4.79 Å². The first-order valence-electron chi connectivity index (χ1n) is 8.35. The maximum Gasteiger partial charge on any atom is 0.273 e. The minimum Gasteiger partial charge on any atom is -0.368 e. The number of aromatic nitrogens is 2. The standard InChI is InChI=1S/C18H24N4O/c1-4-22(5-2)16(23)15-13-11-12(18(3)9-6-10-18)7-8-14(13)20-17(19)21-15/h7-8,11H,4-6,9-10H2,1-3H3,(H2,19,20,21). The summed E-state index contributed by atoms with van der Waals surface area (Å²) >= 11 is 0. The molecule has 2 aromatic rings. The van der Waals surface area contributed by atoms with E-state index >= 15 is 0 Å². The fourth-order valence-corrected chi connectivity index (χ4v) is 3.34. The van der Waals surface area contributed by atoms with Crippen molar-refractivity contribution in [2.45, 2.75) is 45.4 Å². The normalized spacial score (nSPS) is 16.1. The number of fused-ring (bicyclic) bond motifs is 1. The Morgan fingerprint density at radius 3 is 2.52 bits per heavy atom. The summed E-state index contributed by atoms with van der Waals surface area (Å²) in [5.41, 5.74) is 8.44. The number of amides is 1.